The van der Waals surface area contributed by atoms with E-state index in [0.717, 1.165) is 22.6 Å². The molecule has 4 nitrogen and oxygen atoms in total. The van der Waals surface area contributed by atoms with Crippen LogP contribution in [-0.4, -0.2) is 6.17 Å². The number of hydrogen-bond acceptors (Lipinski definition) is 4. The number of ether oxygens (including phenoxy) is 2. The molecule has 0 amide bonds. The van der Waals surface area contributed by atoms with Gasteiger partial charge in [-0.3, -0.25) is 0 Å². The zero-order valence-electron chi connectivity index (χ0n) is 17.4. The van der Waals surface area contributed by atoms with Gasteiger partial charge in [0, 0.05) is 11.1 Å². The summed E-state index contributed by atoms with van der Waals surface area (Å²) in [6, 6.07) is 35.0. The van der Waals surface area contributed by atoms with E-state index in [1.165, 1.54) is 0 Å². The Bertz CT molecular complexity index is 1040. The van der Waals surface area contributed by atoms with E-state index in [1.54, 1.807) is 0 Å². The Kier molecular flexibility index (Phi) is 6.03. The van der Waals surface area contributed by atoms with E-state index in [4.69, 9.17) is 20.9 Å². The Morgan fingerprint density at radius 2 is 0.903 bits per heavy atom. The quantitative estimate of drug-likeness (QED) is 0.377. The Morgan fingerprint density at radius 3 is 1.29 bits per heavy atom. The van der Waals surface area contributed by atoms with Gasteiger partial charge in [-0.15, -0.1) is 0 Å². The van der Waals surface area contributed by atoms with Crippen molar-refractivity contribution in [2.24, 2.45) is 11.5 Å². The Morgan fingerprint density at radius 1 is 0.548 bits per heavy atom. The summed E-state index contributed by atoms with van der Waals surface area (Å²) in [6.07, 6.45) is -0.700. The molecule has 0 radical (unpaired) electrons. The average Bonchev–Trinajstić information content (AvgIpc) is 2.80. The maximum Gasteiger partial charge on any atom is 0.131 e. The van der Waals surface area contributed by atoms with Gasteiger partial charge in [0.05, 0.1) is 11.6 Å². The minimum absolute atomic E-state index is 0.700. The summed E-state index contributed by atoms with van der Waals surface area (Å²) < 4.78 is 12.5. The molecule has 156 valence electrons. The number of para-hydroxylation sites is 4. The Balaban J connectivity index is 1.81. The molecule has 4 heteroatoms. The predicted molar refractivity (Wildman–Crippen MR) is 125 cm³/mol. The van der Waals surface area contributed by atoms with Crippen LogP contribution in [0.2, 0.25) is 0 Å². The zero-order chi connectivity index (χ0) is 21.7. The smallest absolute Gasteiger partial charge is 0.131 e. The van der Waals surface area contributed by atoms with E-state index >= 15 is 0 Å². The van der Waals surface area contributed by atoms with E-state index in [-0.39, 0.29) is 0 Å². The standard InChI is InChI=1S/C27H26N2O2/c1-27(26(28)29,22-16-8-10-18-24(22)30-20-12-4-2-5-13-20)23-17-9-11-19-25(23)31-21-14-6-3-7-15-21/h2-19,26H,28-29H2,1H3. The molecule has 0 spiro atoms. The molecular weight excluding hydrogens is 384 g/mol. The minimum Gasteiger partial charge on any atom is -0.457 e. The highest BCUT2D eigenvalue weighted by atomic mass is 16.5. The van der Waals surface area contributed by atoms with Crippen molar-refractivity contribution in [1.82, 2.24) is 0 Å². The number of nitrogens with two attached hydrogens (primary N) is 2. The molecule has 4 aromatic carbocycles. The highest BCUT2D eigenvalue weighted by Crippen LogP contribution is 2.44. The molecule has 0 fully saturated rings. The fraction of sp³-hybridized carbons (Fsp3) is 0.111. The van der Waals surface area contributed by atoms with Crippen molar-refractivity contribution >= 4 is 0 Å². The largest absolute Gasteiger partial charge is 0.457 e. The molecule has 0 saturated heterocycles. The average molecular weight is 411 g/mol. The molecule has 4 rings (SSSR count). The summed E-state index contributed by atoms with van der Waals surface area (Å²) in [5.74, 6) is 2.90. The molecule has 0 atom stereocenters. The number of hydrogen-bond donors (Lipinski definition) is 2. The van der Waals surface area contributed by atoms with Gasteiger partial charge in [-0.25, -0.2) is 0 Å². The summed E-state index contributed by atoms with van der Waals surface area (Å²) >= 11 is 0. The van der Waals surface area contributed by atoms with E-state index in [1.807, 2.05) is 116 Å². The molecule has 0 unspecified atom stereocenters. The van der Waals surface area contributed by atoms with Crippen molar-refractivity contribution in [3.05, 3.63) is 120 Å². The molecule has 0 aliphatic rings. The predicted octanol–water partition coefficient (Wildman–Crippen LogP) is 5.82. The van der Waals surface area contributed by atoms with Crippen LogP contribution in [0.3, 0.4) is 0 Å². The summed E-state index contributed by atoms with van der Waals surface area (Å²) in [7, 11) is 0. The third kappa shape index (κ3) is 4.31. The molecular formula is C27H26N2O2. The van der Waals surface area contributed by atoms with Gasteiger partial charge in [0.25, 0.3) is 0 Å². The Hall–Kier alpha value is -3.60. The first-order valence-corrected chi connectivity index (χ1v) is 10.2. The van der Waals surface area contributed by atoms with Crippen LogP contribution in [0.25, 0.3) is 0 Å². The lowest BCUT2D eigenvalue weighted by Gasteiger charge is -2.36. The summed E-state index contributed by atoms with van der Waals surface area (Å²) in [5.41, 5.74) is 13.9. The van der Waals surface area contributed by atoms with E-state index in [9.17, 15) is 0 Å². The zero-order valence-corrected chi connectivity index (χ0v) is 17.4. The monoisotopic (exact) mass is 410 g/mol. The first-order valence-electron chi connectivity index (χ1n) is 10.2. The number of rotatable bonds is 7. The van der Waals surface area contributed by atoms with Crippen molar-refractivity contribution in [1.29, 1.82) is 0 Å². The van der Waals surface area contributed by atoms with Gasteiger partial charge < -0.3 is 20.9 Å². The lowest BCUT2D eigenvalue weighted by atomic mass is 9.73. The van der Waals surface area contributed by atoms with Crippen LogP contribution in [0.4, 0.5) is 0 Å². The SMILES string of the molecule is CC(c1ccccc1Oc1ccccc1)(c1ccccc1Oc1ccccc1)C(N)N. The second kappa shape index (κ2) is 9.04. The van der Waals surface area contributed by atoms with E-state index in [0.29, 0.717) is 11.5 Å². The van der Waals surface area contributed by atoms with Crippen molar-refractivity contribution < 1.29 is 9.47 Å². The van der Waals surface area contributed by atoms with Gasteiger partial charge in [0.1, 0.15) is 23.0 Å². The maximum atomic E-state index is 6.43. The fourth-order valence-corrected chi connectivity index (χ4v) is 3.70. The molecule has 4 N–H and O–H groups in total. The van der Waals surface area contributed by atoms with Crippen molar-refractivity contribution in [2.75, 3.05) is 0 Å². The molecule has 0 heterocycles. The molecule has 0 saturated carbocycles. The van der Waals surface area contributed by atoms with Crippen molar-refractivity contribution in [3.63, 3.8) is 0 Å². The second-order valence-electron chi connectivity index (χ2n) is 7.55. The van der Waals surface area contributed by atoms with Gasteiger partial charge in [-0.05, 0) is 43.3 Å². The van der Waals surface area contributed by atoms with Crippen LogP contribution in [0.1, 0.15) is 18.1 Å². The van der Waals surface area contributed by atoms with Gasteiger partial charge in [-0.2, -0.15) is 0 Å². The minimum atomic E-state index is -0.767. The van der Waals surface area contributed by atoms with Gasteiger partial charge in [0.15, 0.2) is 0 Å². The first kappa shape index (κ1) is 20.7. The first-order chi connectivity index (χ1) is 15.1. The van der Waals surface area contributed by atoms with E-state index < -0.39 is 11.6 Å². The van der Waals surface area contributed by atoms with Crippen molar-refractivity contribution in [3.8, 4) is 23.0 Å². The van der Waals surface area contributed by atoms with Crippen LogP contribution in [0.15, 0.2) is 109 Å². The van der Waals surface area contributed by atoms with Crippen LogP contribution in [-0.2, 0) is 5.41 Å². The second-order valence-corrected chi connectivity index (χ2v) is 7.55. The van der Waals surface area contributed by atoms with Crippen molar-refractivity contribution in [2.45, 2.75) is 18.5 Å². The molecule has 0 aromatic heterocycles. The summed E-state index contributed by atoms with van der Waals surface area (Å²) in [6.45, 7) is 2.03. The third-order valence-electron chi connectivity index (χ3n) is 5.50. The molecule has 0 aliphatic carbocycles. The van der Waals surface area contributed by atoms with Crippen LogP contribution < -0.4 is 20.9 Å². The summed E-state index contributed by atoms with van der Waals surface area (Å²) in [5, 5.41) is 0. The number of benzene rings is 4. The van der Waals surface area contributed by atoms with E-state index in [2.05, 4.69) is 0 Å². The van der Waals surface area contributed by atoms with Gasteiger partial charge in [-0.1, -0.05) is 72.8 Å². The highest BCUT2D eigenvalue weighted by molar-refractivity contribution is 5.54. The highest BCUT2D eigenvalue weighted by Gasteiger charge is 2.38. The lowest BCUT2D eigenvalue weighted by Crippen LogP contribution is -2.50. The molecule has 31 heavy (non-hydrogen) atoms. The van der Waals surface area contributed by atoms with Crippen LogP contribution in [0, 0.1) is 0 Å². The lowest BCUT2D eigenvalue weighted by molar-refractivity contribution is 0.396. The van der Waals surface area contributed by atoms with Crippen LogP contribution in [0.5, 0.6) is 23.0 Å². The third-order valence-corrected chi connectivity index (χ3v) is 5.50. The Labute approximate surface area is 183 Å². The van der Waals surface area contributed by atoms with Gasteiger partial charge in [0.2, 0.25) is 0 Å². The fourth-order valence-electron chi connectivity index (χ4n) is 3.70. The van der Waals surface area contributed by atoms with Crippen LogP contribution >= 0.6 is 0 Å². The molecule has 4 aromatic rings. The maximum absolute atomic E-state index is 6.43. The topological polar surface area (TPSA) is 70.5 Å². The normalized spacial score (nSPS) is 11.4. The molecule has 0 aliphatic heterocycles. The van der Waals surface area contributed by atoms with Gasteiger partial charge >= 0.3 is 0 Å². The summed E-state index contributed by atoms with van der Waals surface area (Å²) in [4.78, 5) is 0. The molecule has 0 bridgehead atoms.